The van der Waals surface area contributed by atoms with Gasteiger partial charge in [-0.15, -0.1) is 0 Å². The smallest absolute Gasteiger partial charge is 0.163 e. The van der Waals surface area contributed by atoms with E-state index in [9.17, 15) is 0 Å². The van der Waals surface area contributed by atoms with E-state index in [0.29, 0.717) is 6.61 Å². The molecule has 1 aliphatic heterocycles. The fourth-order valence-electron chi connectivity index (χ4n) is 4.74. The van der Waals surface area contributed by atoms with Crippen molar-refractivity contribution in [1.82, 2.24) is 9.88 Å². The Hall–Kier alpha value is -2.05. The van der Waals surface area contributed by atoms with Crippen LogP contribution < -0.4 is 14.8 Å². The number of rotatable bonds is 11. The molecule has 1 fully saturated rings. The minimum atomic E-state index is 0.240. The summed E-state index contributed by atoms with van der Waals surface area (Å²) in [4.78, 5) is 7.52. The van der Waals surface area contributed by atoms with Gasteiger partial charge >= 0.3 is 0 Å². The average molecular weight is 428 g/mol. The van der Waals surface area contributed by atoms with E-state index in [0.717, 1.165) is 61.2 Å². The van der Waals surface area contributed by atoms with Crippen molar-refractivity contribution in [2.75, 3.05) is 52.3 Å². The minimum absolute atomic E-state index is 0.240. The van der Waals surface area contributed by atoms with E-state index in [1.165, 1.54) is 49.3 Å². The highest BCUT2D eigenvalue weighted by Gasteiger charge is 2.21. The minimum Gasteiger partial charge on any atom is -0.493 e. The molecule has 4 rings (SSSR count). The zero-order valence-corrected chi connectivity index (χ0v) is 19.3. The molecule has 0 bridgehead atoms. The molecule has 31 heavy (non-hydrogen) atoms. The van der Waals surface area contributed by atoms with Crippen molar-refractivity contribution in [3.8, 4) is 11.5 Å². The topological polar surface area (TPSA) is 55.9 Å². The molecule has 170 valence electrons. The Kier molecular flexibility index (Phi) is 7.51. The molecule has 1 aromatic heterocycles. The van der Waals surface area contributed by atoms with Gasteiger partial charge in [-0.1, -0.05) is 0 Å². The first-order valence-corrected chi connectivity index (χ1v) is 11.8. The Balaban J connectivity index is 1.53. The van der Waals surface area contributed by atoms with Crippen LogP contribution in [0.5, 0.6) is 11.5 Å². The molecule has 2 aromatic rings. The summed E-state index contributed by atoms with van der Waals surface area (Å²) in [6.07, 6.45) is 8.19. The van der Waals surface area contributed by atoms with Gasteiger partial charge in [0, 0.05) is 43.0 Å². The number of anilines is 1. The molecule has 1 saturated heterocycles. The number of hydrogen-bond donors (Lipinski definition) is 1. The summed E-state index contributed by atoms with van der Waals surface area (Å²) in [5.41, 5.74) is 4.77. The van der Waals surface area contributed by atoms with Gasteiger partial charge in [-0.3, -0.25) is 4.98 Å². The summed E-state index contributed by atoms with van der Waals surface area (Å²) in [7, 11) is 3.48. The molecule has 0 amide bonds. The SMILES string of the molecule is COc1cc2c(NCCC(C)OC)c3c(nc2cc1OCCCN1CCCC1)CCC3. The predicted octanol–water partition coefficient (Wildman–Crippen LogP) is 4.43. The van der Waals surface area contributed by atoms with Gasteiger partial charge in [0.25, 0.3) is 0 Å². The van der Waals surface area contributed by atoms with Crippen LogP contribution in [0.3, 0.4) is 0 Å². The third kappa shape index (κ3) is 5.24. The Morgan fingerprint density at radius 3 is 2.71 bits per heavy atom. The van der Waals surface area contributed by atoms with Crippen molar-refractivity contribution in [3.05, 3.63) is 23.4 Å². The molecular weight excluding hydrogens is 390 g/mol. The van der Waals surface area contributed by atoms with Crippen molar-refractivity contribution in [2.45, 2.75) is 58.0 Å². The van der Waals surface area contributed by atoms with Gasteiger partial charge < -0.3 is 24.4 Å². The van der Waals surface area contributed by atoms with Crippen LogP contribution in [0.4, 0.5) is 5.69 Å². The zero-order valence-electron chi connectivity index (χ0n) is 19.3. The fourth-order valence-corrected chi connectivity index (χ4v) is 4.74. The second-order valence-corrected chi connectivity index (χ2v) is 8.80. The first-order valence-electron chi connectivity index (χ1n) is 11.8. The summed E-state index contributed by atoms with van der Waals surface area (Å²) >= 11 is 0. The molecule has 1 atom stereocenters. The molecule has 1 aliphatic carbocycles. The van der Waals surface area contributed by atoms with E-state index < -0.39 is 0 Å². The monoisotopic (exact) mass is 427 g/mol. The van der Waals surface area contributed by atoms with Crippen LogP contribution in [0.2, 0.25) is 0 Å². The van der Waals surface area contributed by atoms with Crippen molar-refractivity contribution in [2.24, 2.45) is 0 Å². The van der Waals surface area contributed by atoms with Gasteiger partial charge in [0.2, 0.25) is 0 Å². The van der Waals surface area contributed by atoms with Crippen LogP contribution in [-0.2, 0) is 17.6 Å². The Bertz CT molecular complexity index is 880. The molecule has 1 aromatic carbocycles. The lowest BCUT2D eigenvalue weighted by molar-refractivity contribution is 0.114. The largest absolute Gasteiger partial charge is 0.493 e. The predicted molar refractivity (Wildman–Crippen MR) is 126 cm³/mol. The normalized spacial score (nSPS) is 17.1. The summed E-state index contributed by atoms with van der Waals surface area (Å²) < 4.78 is 17.3. The first kappa shape index (κ1) is 22.2. The number of ether oxygens (including phenoxy) is 3. The third-order valence-corrected chi connectivity index (χ3v) is 6.63. The number of aryl methyl sites for hydroxylation is 1. The highest BCUT2D eigenvalue weighted by Crippen LogP contribution is 2.39. The van der Waals surface area contributed by atoms with Gasteiger partial charge in [-0.25, -0.2) is 0 Å². The number of hydrogen-bond acceptors (Lipinski definition) is 6. The number of fused-ring (bicyclic) bond motifs is 2. The quantitative estimate of drug-likeness (QED) is 0.535. The lowest BCUT2D eigenvalue weighted by Crippen LogP contribution is -2.21. The molecule has 6 heteroatoms. The average Bonchev–Trinajstić information content (AvgIpc) is 3.47. The summed E-state index contributed by atoms with van der Waals surface area (Å²) in [6.45, 7) is 7.24. The van der Waals surface area contributed by atoms with Gasteiger partial charge in [0.05, 0.1) is 25.3 Å². The lowest BCUT2D eigenvalue weighted by Gasteiger charge is -2.19. The maximum absolute atomic E-state index is 6.15. The molecule has 1 N–H and O–H groups in total. The highest BCUT2D eigenvalue weighted by molar-refractivity contribution is 5.96. The number of likely N-dealkylation sites (tertiary alicyclic amines) is 1. The van der Waals surface area contributed by atoms with Crippen LogP contribution in [0.25, 0.3) is 10.9 Å². The standard InChI is InChI=1S/C25H37N3O3/c1-18(29-2)10-11-26-25-19-8-6-9-21(19)27-22-17-24(23(30-3)16-20(22)25)31-15-7-14-28-12-4-5-13-28/h16-18H,4-15H2,1-3H3,(H,26,27). The molecule has 0 saturated carbocycles. The second-order valence-electron chi connectivity index (χ2n) is 8.80. The molecule has 6 nitrogen and oxygen atoms in total. The molecule has 2 aliphatic rings. The summed E-state index contributed by atoms with van der Waals surface area (Å²) in [5, 5.41) is 4.80. The van der Waals surface area contributed by atoms with E-state index in [1.54, 1.807) is 14.2 Å². The van der Waals surface area contributed by atoms with Crippen LogP contribution in [0.15, 0.2) is 12.1 Å². The second kappa shape index (κ2) is 10.5. The van der Waals surface area contributed by atoms with Crippen molar-refractivity contribution < 1.29 is 14.2 Å². The van der Waals surface area contributed by atoms with E-state index >= 15 is 0 Å². The highest BCUT2D eigenvalue weighted by atomic mass is 16.5. The summed E-state index contributed by atoms with van der Waals surface area (Å²) in [5.74, 6) is 1.57. The van der Waals surface area contributed by atoms with Crippen LogP contribution >= 0.6 is 0 Å². The van der Waals surface area contributed by atoms with Crippen molar-refractivity contribution in [1.29, 1.82) is 0 Å². The Morgan fingerprint density at radius 2 is 1.94 bits per heavy atom. The molecule has 0 spiro atoms. The van der Waals surface area contributed by atoms with Gasteiger partial charge in [0.15, 0.2) is 11.5 Å². The molecular formula is C25H37N3O3. The maximum atomic E-state index is 6.15. The van der Waals surface area contributed by atoms with Gasteiger partial charge in [0.1, 0.15) is 0 Å². The number of benzene rings is 1. The van der Waals surface area contributed by atoms with E-state index in [2.05, 4.69) is 29.3 Å². The Labute approximate surface area is 186 Å². The van der Waals surface area contributed by atoms with Gasteiger partial charge in [-0.2, -0.15) is 0 Å². The maximum Gasteiger partial charge on any atom is 0.163 e. The van der Waals surface area contributed by atoms with Crippen LogP contribution in [0, 0.1) is 0 Å². The molecule has 1 unspecified atom stereocenters. The first-order chi connectivity index (χ1) is 15.2. The number of pyridine rings is 1. The van der Waals surface area contributed by atoms with Crippen molar-refractivity contribution >= 4 is 16.6 Å². The number of methoxy groups -OCH3 is 2. The molecule has 0 radical (unpaired) electrons. The molecule has 2 heterocycles. The Morgan fingerprint density at radius 1 is 1.10 bits per heavy atom. The number of nitrogens with one attached hydrogen (secondary N) is 1. The zero-order chi connectivity index (χ0) is 21.6. The third-order valence-electron chi connectivity index (χ3n) is 6.63. The lowest BCUT2D eigenvalue weighted by atomic mass is 10.1. The number of nitrogens with zero attached hydrogens (tertiary/aromatic N) is 2. The van der Waals surface area contributed by atoms with Gasteiger partial charge in [-0.05, 0) is 76.6 Å². The number of aromatic nitrogens is 1. The van der Waals surface area contributed by atoms with Crippen molar-refractivity contribution in [3.63, 3.8) is 0 Å². The van der Waals surface area contributed by atoms with Crippen LogP contribution in [0.1, 0.15) is 50.3 Å². The van der Waals surface area contributed by atoms with E-state index in [4.69, 9.17) is 19.2 Å². The summed E-state index contributed by atoms with van der Waals surface area (Å²) in [6, 6.07) is 4.16. The van der Waals surface area contributed by atoms with Crippen LogP contribution in [-0.4, -0.2) is 63.0 Å². The van der Waals surface area contributed by atoms with E-state index in [1.807, 2.05) is 0 Å². The van der Waals surface area contributed by atoms with E-state index in [-0.39, 0.29) is 6.10 Å². The fraction of sp³-hybridized carbons (Fsp3) is 0.640.